The maximum absolute atomic E-state index is 5.90. The molecule has 0 bridgehead atoms. The molecule has 2 aromatic rings. The highest BCUT2D eigenvalue weighted by molar-refractivity contribution is 9.10. The molecule has 0 saturated carbocycles. The van der Waals surface area contributed by atoms with E-state index in [-0.39, 0.29) is 0 Å². The zero-order chi connectivity index (χ0) is 13.2. The average molecular weight is 338 g/mol. The lowest BCUT2D eigenvalue weighted by atomic mass is 9.88. The Morgan fingerprint density at radius 3 is 2.84 bits per heavy atom. The molecule has 0 radical (unpaired) electrons. The number of pyridine rings is 1. The normalized spacial score (nSPS) is 17.9. The number of nitrogens with one attached hydrogen (secondary N) is 1. The molecule has 1 aliphatic carbocycles. The zero-order valence-corrected chi connectivity index (χ0v) is 12.7. The molecule has 1 unspecified atom stereocenters. The molecule has 0 spiro atoms. The van der Waals surface area contributed by atoms with E-state index in [0.717, 1.165) is 29.4 Å². The average Bonchev–Trinajstić information content (AvgIpc) is 2.43. The summed E-state index contributed by atoms with van der Waals surface area (Å²) in [5, 5.41) is 4.04. The monoisotopic (exact) mass is 336 g/mol. The number of nitrogens with zero attached hydrogens (tertiary/aromatic N) is 1. The summed E-state index contributed by atoms with van der Waals surface area (Å²) >= 11 is 9.31. The Morgan fingerprint density at radius 1 is 1.26 bits per heavy atom. The second kappa shape index (κ2) is 5.51. The third-order valence-corrected chi connectivity index (χ3v) is 4.65. The number of hydrogen-bond acceptors (Lipinski definition) is 2. The highest BCUT2D eigenvalue weighted by Gasteiger charge is 2.18. The van der Waals surface area contributed by atoms with Crippen molar-refractivity contribution in [3.8, 4) is 0 Å². The minimum Gasteiger partial charge on any atom is -0.381 e. The van der Waals surface area contributed by atoms with Gasteiger partial charge in [0.05, 0.1) is 16.4 Å². The molecule has 2 nitrogen and oxygen atoms in total. The Bertz CT molecular complexity index is 600. The van der Waals surface area contributed by atoms with Gasteiger partial charge in [-0.3, -0.25) is 0 Å². The van der Waals surface area contributed by atoms with E-state index in [1.807, 2.05) is 6.07 Å². The summed E-state index contributed by atoms with van der Waals surface area (Å²) in [6, 6.07) is 11.1. The Labute approximate surface area is 126 Å². The standard InChI is InChI=1S/C15H14BrClN2/c16-14-8-13(9-18-15(14)17)19-12-6-5-10-3-1-2-4-11(10)7-12/h1-4,8-9,12,19H,5-7H2. The molecule has 0 aliphatic heterocycles. The van der Waals surface area contributed by atoms with Gasteiger partial charge in [0.15, 0.2) is 0 Å². The summed E-state index contributed by atoms with van der Waals surface area (Å²) in [7, 11) is 0. The van der Waals surface area contributed by atoms with Crippen LogP contribution in [-0.4, -0.2) is 11.0 Å². The number of anilines is 1. The first-order valence-corrected chi connectivity index (χ1v) is 7.54. The van der Waals surface area contributed by atoms with Gasteiger partial charge in [-0.25, -0.2) is 4.98 Å². The number of rotatable bonds is 2. The van der Waals surface area contributed by atoms with Crippen molar-refractivity contribution in [2.45, 2.75) is 25.3 Å². The highest BCUT2D eigenvalue weighted by Crippen LogP contribution is 2.26. The Balaban J connectivity index is 1.73. The smallest absolute Gasteiger partial charge is 0.143 e. The largest absolute Gasteiger partial charge is 0.381 e. The molecule has 0 amide bonds. The Hall–Kier alpha value is -1.06. The number of hydrogen-bond donors (Lipinski definition) is 1. The van der Waals surface area contributed by atoms with Gasteiger partial charge in [-0.2, -0.15) is 0 Å². The van der Waals surface area contributed by atoms with Crippen LogP contribution in [0.4, 0.5) is 5.69 Å². The van der Waals surface area contributed by atoms with Crippen molar-refractivity contribution >= 4 is 33.2 Å². The van der Waals surface area contributed by atoms with Crippen LogP contribution in [0.2, 0.25) is 5.15 Å². The van der Waals surface area contributed by atoms with Gasteiger partial charge in [-0.1, -0.05) is 35.9 Å². The van der Waals surface area contributed by atoms with Crippen molar-refractivity contribution in [3.05, 3.63) is 57.3 Å². The number of aryl methyl sites for hydroxylation is 1. The molecular formula is C15H14BrClN2. The van der Waals surface area contributed by atoms with Crippen LogP contribution in [0.1, 0.15) is 17.5 Å². The molecule has 1 aromatic heterocycles. The number of benzene rings is 1. The van der Waals surface area contributed by atoms with E-state index in [4.69, 9.17) is 11.6 Å². The van der Waals surface area contributed by atoms with E-state index < -0.39 is 0 Å². The van der Waals surface area contributed by atoms with Crippen molar-refractivity contribution in [3.63, 3.8) is 0 Å². The summed E-state index contributed by atoms with van der Waals surface area (Å²) in [6.07, 6.45) is 5.14. The van der Waals surface area contributed by atoms with E-state index in [1.165, 1.54) is 11.1 Å². The zero-order valence-electron chi connectivity index (χ0n) is 10.4. The topological polar surface area (TPSA) is 24.9 Å². The Kier molecular flexibility index (Phi) is 3.76. The summed E-state index contributed by atoms with van der Waals surface area (Å²) in [5.74, 6) is 0. The third kappa shape index (κ3) is 2.93. The molecule has 19 heavy (non-hydrogen) atoms. The van der Waals surface area contributed by atoms with Gasteiger partial charge in [-0.05, 0) is 52.4 Å². The quantitative estimate of drug-likeness (QED) is 0.818. The van der Waals surface area contributed by atoms with Crippen LogP contribution in [0.5, 0.6) is 0 Å². The van der Waals surface area contributed by atoms with Crippen LogP contribution in [-0.2, 0) is 12.8 Å². The minimum absolute atomic E-state index is 0.463. The second-order valence-electron chi connectivity index (χ2n) is 4.85. The van der Waals surface area contributed by atoms with Crippen LogP contribution in [0.15, 0.2) is 41.0 Å². The lowest BCUT2D eigenvalue weighted by Crippen LogP contribution is -2.27. The van der Waals surface area contributed by atoms with Gasteiger partial charge in [0.25, 0.3) is 0 Å². The summed E-state index contributed by atoms with van der Waals surface area (Å²) in [6.45, 7) is 0. The van der Waals surface area contributed by atoms with Crippen molar-refractivity contribution < 1.29 is 0 Å². The molecule has 0 saturated heterocycles. The number of halogens is 2. The van der Waals surface area contributed by atoms with Gasteiger partial charge in [-0.15, -0.1) is 0 Å². The molecule has 0 fully saturated rings. The second-order valence-corrected chi connectivity index (χ2v) is 6.06. The fraction of sp³-hybridized carbons (Fsp3) is 0.267. The lowest BCUT2D eigenvalue weighted by Gasteiger charge is -2.26. The van der Waals surface area contributed by atoms with Crippen LogP contribution in [0, 0.1) is 0 Å². The fourth-order valence-electron chi connectivity index (χ4n) is 2.56. The van der Waals surface area contributed by atoms with Crippen LogP contribution in [0.3, 0.4) is 0 Å². The predicted octanol–water partition coefficient (Wildman–Crippen LogP) is 4.47. The van der Waals surface area contributed by atoms with Crippen LogP contribution < -0.4 is 5.32 Å². The van der Waals surface area contributed by atoms with Gasteiger partial charge >= 0.3 is 0 Å². The van der Waals surface area contributed by atoms with E-state index in [1.54, 1.807) is 6.20 Å². The van der Waals surface area contributed by atoms with Gasteiger partial charge in [0.2, 0.25) is 0 Å². The Morgan fingerprint density at radius 2 is 2.05 bits per heavy atom. The minimum atomic E-state index is 0.463. The van der Waals surface area contributed by atoms with E-state index in [2.05, 4.69) is 50.5 Å². The van der Waals surface area contributed by atoms with Crippen LogP contribution in [0.25, 0.3) is 0 Å². The molecule has 1 heterocycles. The molecular weight excluding hydrogens is 324 g/mol. The van der Waals surface area contributed by atoms with Gasteiger partial charge in [0.1, 0.15) is 5.15 Å². The van der Waals surface area contributed by atoms with Crippen LogP contribution >= 0.6 is 27.5 Å². The molecule has 1 aliphatic rings. The van der Waals surface area contributed by atoms with E-state index in [0.29, 0.717) is 11.2 Å². The first-order chi connectivity index (χ1) is 9.22. The molecule has 4 heteroatoms. The molecule has 98 valence electrons. The first-order valence-electron chi connectivity index (χ1n) is 6.37. The predicted molar refractivity (Wildman–Crippen MR) is 82.8 cm³/mol. The molecule has 1 aromatic carbocycles. The summed E-state index contributed by atoms with van der Waals surface area (Å²) in [5.41, 5.74) is 3.95. The highest BCUT2D eigenvalue weighted by atomic mass is 79.9. The molecule has 1 atom stereocenters. The number of aromatic nitrogens is 1. The lowest BCUT2D eigenvalue weighted by molar-refractivity contribution is 0.610. The summed E-state index contributed by atoms with van der Waals surface area (Å²) in [4.78, 5) is 4.14. The molecule has 3 rings (SSSR count). The van der Waals surface area contributed by atoms with Crippen molar-refractivity contribution in [2.75, 3.05) is 5.32 Å². The SMILES string of the molecule is Clc1ncc(NC2CCc3ccccc3C2)cc1Br. The molecule has 1 N–H and O–H groups in total. The third-order valence-electron chi connectivity index (χ3n) is 3.51. The van der Waals surface area contributed by atoms with Gasteiger partial charge in [0, 0.05) is 6.04 Å². The van der Waals surface area contributed by atoms with E-state index in [9.17, 15) is 0 Å². The first kappa shape index (κ1) is 12.9. The van der Waals surface area contributed by atoms with Crippen molar-refractivity contribution in [1.29, 1.82) is 0 Å². The maximum atomic E-state index is 5.90. The fourth-order valence-corrected chi connectivity index (χ4v) is 3.01. The van der Waals surface area contributed by atoms with Crippen molar-refractivity contribution in [1.82, 2.24) is 4.98 Å². The van der Waals surface area contributed by atoms with Gasteiger partial charge < -0.3 is 5.32 Å². The summed E-state index contributed by atoms with van der Waals surface area (Å²) < 4.78 is 0.829. The van der Waals surface area contributed by atoms with Crippen molar-refractivity contribution in [2.24, 2.45) is 0 Å². The number of fused-ring (bicyclic) bond motifs is 1. The van der Waals surface area contributed by atoms with E-state index >= 15 is 0 Å². The maximum Gasteiger partial charge on any atom is 0.143 e.